The van der Waals surface area contributed by atoms with Gasteiger partial charge < -0.3 is 4.74 Å². The zero-order valence-corrected chi connectivity index (χ0v) is 7.28. The van der Waals surface area contributed by atoms with Crippen molar-refractivity contribution < 1.29 is 17.9 Å². The molecule has 1 aromatic heterocycles. The Morgan fingerprint density at radius 2 is 2.15 bits per heavy atom. The molecule has 0 aliphatic heterocycles. The maximum Gasteiger partial charge on any atom is 0.280 e. The summed E-state index contributed by atoms with van der Waals surface area (Å²) in [6, 6.07) is 0.869. The summed E-state index contributed by atoms with van der Waals surface area (Å²) in [6.45, 7) is 0. The van der Waals surface area contributed by atoms with E-state index in [1.807, 2.05) is 0 Å². The molecule has 0 amide bonds. The van der Waals surface area contributed by atoms with Gasteiger partial charge in [0.2, 0.25) is 0 Å². The van der Waals surface area contributed by atoms with E-state index >= 15 is 0 Å². The number of pyridine rings is 1. The summed E-state index contributed by atoms with van der Waals surface area (Å²) in [7, 11) is 1.17. The van der Waals surface area contributed by atoms with Crippen LogP contribution in [0.3, 0.4) is 0 Å². The summed E-state index contributed by atoms with van der Waals surface area (Å²) in [6.07, 6.45) is -2.85. The number of aromatic nitrogens is 1. The zero-order valence-electron chi connectivity index (χ0n) is 6.52. The van der Waals surface area contributed by atoms with Crippen LogP contribution in [0.5, 0.6) is 5.75 Å². The van der Waals surface area contributed by atoms with E-state index in [0.29, 0.717) is 0 Å². The summed E-state index contributed by atoms with van der Waals surface area (Å²) in [5.41, 5.74) is -0.705. The van der Waals surface area contributed by atoms with Gasteiger partial charge in [0.15, 0.2) is 5.75 Å². The average Bonchev–Trinajstić information content (AvgIpc) is 2.03. The van der Waals surface area contributed by atoms with Gasteiger partial charge in [0.1, 0.15) is 5.69 Å². The number of nitrogens with zero attached hydrogens (tertiary/aromatic N) is 1. The topological polar surface area (TPSA) is 22.1 Å². The SMILES string of the molecule is COc1c(Cl)cc(C(F)F)nc1F. The lowest BCUT2D eigenvalue weighted by molar-refractivity contribution is 0.144. The summed E-state index contributed by atoms with van der Waals surface area (Å²) in [4.78, 5) is 2.98. The van der Waals surface area contributed by atoms with Gasteiger partial charge in [-0.05, 0) is 6.07 Å². The Balaban J connectivity index is 3.20. The predicted molar refractivity (Wildman–Crippen MR) is 40.7 cm³/mol. The summed E-state index contributed by atoms with van der Waals surface area (Å²) >= 11 is 5.44. The van der Waals surface area contributed by atoms with E-state index in [0.717, 1.165) is 6.07 Å². The maximum atomic E-state index is 12.8. The highest BCUT2D eigenvalue weighted by Gasteiger charge is 2.16. The van der Waals surface area contributed by atoms with Crippen LogP contribution in [-0.2, 0) is 0 Å². The minimum Gasteiger partial charge on any atom is -0.491 e. The second-order valence-corrected chi connectivity index (χ2v) is 2.56. The minimum atomic E-state index is -2.85. The number of halogens is 4. The van der Waals surface area contributed by atoms with Crippen LogP contribution in [-0.4, -0.2) is 12.1 Å². The number of hydrogen-bond donors (Lipinski definition) is 0. The van der Waals surface area contributed by atoms with Gasteiger partial charge in [-0.15, -0.1) is 0 Å². The lowest BCUT2D eigenvalue weighted by atomic mass is 10.3. The van der Waals surface area contributed by atoms with E-state index in [-0.39, 0.29) is 10.8 Å². The molecule has 0 unspecified atom stereocenters. The van der Waals surface area contributed by atoms with Gasteiger partial charge in [-0.3, -0.25) is 0 Å². The second kappa shape index (κ2) is 3.83. The summed E-state index contributed by atoms with van der Waals surface area (Å²) in [5.74, 6) is -1.46. The van der Waals surface area contributed by atoms with Gasteiger partial charge in [0.05, 0.1) is 12.1 Å². The fraction of sp³-hybridized carbons (Fsp3) is 0.286. The fourth-order valence-electron chi connectivity index (χ4n) is 0.784. The molecule has 0 saturated carbocycles. The molecule has 0 aliphatic rings. The van der Waals surface area contributed by atoms with Crippen molar-refractivity contribution in [3.05, 3.63) is 22.7 Å². The molecule has 13 heavy (non-hydrogen) atoms. The Morgan fingerprint density at radius 3 is 2.54 bits per heavy atom. The van der Waals surface area contributed by atoms with E-state index in [4.69, 9.17) is 11.6 Å². The molecule has 0 bridgehead atoms. The molecule has 1 rings (SSSR count). The molecular weight excluding hydrogens is 207 g/mol. The predicted octanol–water partition coefficient (Wildman–Crippen LogP) is 2.82. The lowest BCUT2D eigenvalue weighted by Crippen LogP contribution is -1.98. The van der Waals surface area contributed by atoms with Crippen molar-refractivity contribution in [2.45, 2.75) is 6.43 Å². The van der Waals surface area contributed by atoms with Crippen molar-refractivity contribution >= 4 is 11.6 Å². The van der Waals surface area contributed by atoms with Crippen LogP contribution in [0.4, 0.5) is 13.2 Å². The Morgan fingerprint density at radius 1 is 1.54 bits per heavy atom. The molecule has 2 nitrogen and oxygen atoms in total. The van der Waals surface area contributed by atoms with Gasteiger partial charge in [0.25, 0.3) is 12.4 Å². The quantitative estimate of drug-likeness (QED) is 0.702. The largest absolute Gasteiger partial charge is 0.491 e. The smallest absolute Gasteiger partial charge is 0.280 e. The molecule has 0 fully saturated rings. The molecule has 0 atom stereocenters. The molecule has 0 aliphatic carbocycles. The van der Waals surface area contributed by atoms with Crippen LogP contribution in [0, 0.1) is 5.95 Å². The number of hydrogen-bond acceptors (Lipinski definition) is 2. The van der Waals surface area contributed by atoms with Crippen LogP contribution in [0.2, 0.25) is 5.02 Å². The highest BCUT2D eigenvalue weighted by atomic mass is 35.5. The third-order valence-electron chi connectivity index (χ3n) is 1.33. The van der Waals surface area contributed by atoms with Crippen LogP contribution >= 0.6 is 11.6 Å². The second-order valence-electron chi connectivity index (χ2n) is 2.15. The Labute approximate surface area is 77.3 Å². The molecule has 0 aromatic carbocycles. The zero-order chi connectivity index (χ0) is 10.0. The molecular formula is C7H5ClF3NO. The van der Waals surface area contributed by atoms with Crippen LogP contribution in [0.15, 0.2) is 6.07 Å². The van der Waals surface area contributed by atoms with Gasteiger partial charge in [-0.1, -0.05) is 11.6 Å². The van der Waals surface area contributed by atoms with Crippen LogP contribution < -0.4 is 4.74 Å². The lowest BCUT2D eigenvalue weighted by Gasteiger charge is -2.05. The molecule has 0 spiro atoms. The molecule has 0 radical (unpaired) electrons. The van der Waals surface area contributed by atoms with E-state index in [2.05, 4.69) is 9.72 Å². The van der Waals surface area contributed by atoms with E-state index < -0.39 is 18.1 Å². The molecule has 1 aromatic rings. The van der Waals surface area contributed by atoms with Gasteiger partial charge in [-0.25, -0.2) is 13.8 Å². The van der Waals surface area contributed by atoms with Crippen LogP contribution in [0.25, 0.3) is 0 Å². The average molecular weight is 212 g/mol. The molecule has 6 heteroatoms. The minimum absolute atomic E-state index is 0.217. The third kappa shape index (κ3) is 2.03. The molecule has 0 saturated heterocycles. The van der Waals surface area contributed by atoms with E-state index in [1.165, 1.54) is 7.11 Å². The van der Waals surface area contributed by atoms with Crippen LogP contribution in [0.1, 0.15) is 12.1 Å². The van der Waals surface area contributed by atoms with Crippen molar-refractivity contribution in [2.24, 2.45) is 0 Å². The number of ether oxygens (including phenoxy) is 1. The normalized spacial score (nSPS) is 10.6. The van der Waals surface area contributed by atoms with Crippen molar-refractivity contribution in [1.29, 1.82) is 0 Å². The monoisotopic (exact) mass is 211 g/mol. The number of alkyl halides is 2. The van der Waals surface area contributed by atoms with Gasteiger partial charge >= 0.3 is 0 Å². The van der Waals surface area contributed by atoms with Crippen molar-refractivity contribution in [2.75, 3.05) is 7.11 Å². The molecule has 72 valence electrons. The summed E-state index contributed by atoms with van der Waals surface area (Å²) < 4.78 is 41.4. The highest BCUT2D eigenvalue weighted by Crippen LogP contribution is 2.29. The Hall–Kier alpha value is -0.970. The van der Waals surface area contributed by atoms with E-state index in [1.54, 1.807) is 0 Å². The first-order valence-corrected chi connectivity index (χ1v) is 3.62. The molecule has 1 heterocycles. The first kappa shape index (κ1) is 10.1. The Kier molecular flexibility index (Phi) is 2.98. The van der Waals surface area contributed by atoms with Crippen molar-refractivity contribution in [3.8, 4) is 5.75 Å². The van der Waals surface area contributed by atoms with Gasteiger partial charge in [0, 0.05) is 0 Å². The summed E-state index contributed by atoms with van der Waals surface area (Å²) in [5, 5.41) is -0.217. The standard InChI is InChI=1S/C7H5ClF3NO/c1-13-5-3(8)2-4(6(9)10)12-7(5)11/h2,6H,1H3. The number of rotatable bonds is 2. The van der Waals surface area contributed by atoms with Crippen molar-refractivity contribution in [1.82, 2.24) is 4.98 Å². The van der Waals surface area contributed by atoms with Gasteiger partial charge in [-0.2, -0.15) is 4.39 Å². The first-order valence-electron chi connectivity index (χ1n) is 3.24. The maximum absolute atomic E-state index is 12.8. The highest BCUT2D eigenvalue weighted by molar-refractivity contribution is 6.32. The molecule has 0 N–H and O–H groups in total. The third-order valence-corrected chi connectivity index (χ3v) is 1.61. The number of methoxy groups -OCH3 is 1. The first-order chi connectivity index (χ1) is 6.06. The van der Waals surface area contributed by atoms with Crippen molar-refractivity contribution in [3.63, 3.8) is 0 Å². The van der Waals surface area contributed by atoms with E-state index in [9.17, 15) is 13.2 Å². The Bertz CT molecular complexity index is 296. The fourth-order valence-corrected chi connectivity index (χ4v) is 1.05.